The highest BCUT2D eigenvalue weighted by molar-refractivity contribution is 8.18. The Labute approximate surface area is 184 Å². The quantitative estimate of drug-likeness (QED) is 0.440. The van der Waals surface area contributed by atoms with Crippen molar-refractivity contribution < 1.29 is 14.4 Å². The average molecular weight is 468 g/mol. The molecule has 3 amide bonds. The van der Waals surface area contributed by atoms with E-state index in [2.05, 4.69) is 20.5 Å². The number of aromatic nitrogens is 3. The van der Waals surface area contributed by atoms with Gasteiger partial charge in [-0.1, -0.05) is 47.9 Å². The van der Waals surface area contributed by atoms with Crippen LogP contribution in [-0.2, 0) is 9.59 Å². The summed E-state index contributed by atoms with van der Waals surface area (Å²) in [5.74, 6) is 0.578. The first-order valence-electron chi connectivity index (χ1n) is 8.58. The zero-order valence-electron chi connectivity index (χ0n) is 15.4. The van der Waals surface area contributed by atoms with Crippen molar-refractivity contribution in [1.29, 1.82) is 0 Å². The molecule has 0 saturated carbocycles. The van der Waals surface area contributed by atoms with Crippen LogP contribution in [0.5, 0.6) is 0 Å². The summed E-state index contributed by atoms with van der Waals surface area (Å²) < 4.78 is 1.62. The third-order valence-electron chi connectivity index (χ3n) is 3.50. The van der Waals surface area contributed by atoms with Crippen molar-refractivity contribution in [3.8, 4) is 0 Å². The minimum absolute atomic E-state index is 0.127. The van der Waals surface area contributed by atoms with Crippen LogP contribution in [0.15, 0.2) is 38.1 Å². The predicted molar refractivity (Wildman–Crippen MR) is 117 cm³/mol. The lowest BCUT2D eigenvalue weighted by Gasteiger charge is -2.12. The van der Waals surface area contributed by atoms with Gasteiger partial charge in [-0.25, -0.2) is 0 Å². The van der Waals surface area contributed by atoms with Gasteiger partial charge in [0.1, 0.15) is 0 Å². The van der Waals surface area contributed by atoms with Crippen molar-refractivity contribution in [3.63, 3.8) is 0 Å². The molecule has 1 aliphatic rings. The Morgan fingerprint density at radius 2 is 2.07 bits per heavy atom. The van der Waals surface area contributed by atoms with E-state index < -0.39 is 0 Å². The standard InChI is InChI=1S/C17H17N5O3S4/c1-2-26-15-20-21-16(29-15)27-10-13(23)19-6-7-22-14(24)12(28-17(22)25)8-11-4-3-5-18-9-11/h3-5,8-9H,2,6-7,10H2,1H3,(H,19,23)/b12-8+. The lowest BCUT2D eigenvalue weighted by atomic mass is 10.2. The molecule has 0 atom stereocenters. The maximum absolute atomic E-state index is 12.4. The highest BCUT2D eigenvalue weighted by Gasteiger charge is 2.34. The smallest absolute Gasteiger partial charge is 0.293 e. The van der Waals surface area contributed by atoms with Crippen LogP contribution in [-0.4, -0.2) is 61.7 Å². The van der Waals surface area contributed by atoms with Gasteiger partial charge in [-0.3, -0.25) is 24.3 Å². The predicted octanol–water partition coefficient (Wildman–Crippen LogP) is 2.99. The molecule has 1 aliphatic heterocycles. The number of carbonyl (C=O) groups is 3. The molecule has 2 aromatic rings. The van der Waals surface area contributed by atoms with Crippen LogP contribution in [0.2, 0.25) is 0 Å². The number of amides is 3. The second kappa shape index (κ2) is 10.8. The van der Waals surface area contributed by atoms with E-state index in [1.54, 1.807) is 42.4 Å². The second-order valence-corrected chi connectivity index (χ2v) is 10.2. The van der Waals surface area contributed by atoms with Crippen LogP contribution >= 0.6 is 46.6 Å². The summed E-state index contributed by atoms with van der Waals surface area (Å²) in [5, 5.41) is 10.5. The summed E-state index contributed by atoms with van der Waals surface area (Å²) in [4.78, 5) is 42.0. The molecule has 1 fully saturated rings. The number of nitrogens with zero attached hydrogens (tertiary/aromatic N) is 4. The molecule has 0 unspecified atom stereocenters. The number of nitrogens with one attached hydrogen (secondary N) is 1. The molecular formula is C17H17N5O3S4. The van der Waals surface area contributed by atoms with E-state index in [0.29, 0.717) is 4.91 Å². The van der Waals surface area contributed by atoms with Crippen LogP contribution in [0.25, 0.3) is 6.08 Å². The number of hydrogen-bond donors (Lipinski definition) is 1. The van der Waals surface area contributed by atoms with Crippen LogP contribution in [0.1, 0.15) is 12.5 Å². The second-order valence-electron chi connectivity index (χ2n) is 5.53. The third kappa shape index (κ3) is 6.29. The largest absolute Gasteiger partial charge is 0.354 e. The van der Waals surface area contributed by atoms with Gasteiger partial charge in [0, 0.05) is 25.5 Å². The van der Waals surface area contributed by atoms with E-state index in [4.69, 9.17) is 0 Å². The van der Waals surface area contributed by atoms with E-state index in [1.807, 2.05) is 6.92 Å². The van der Waals surface area contributed by atoms with Gasteiger partial charge in [-0.05, 0) is 35.2 Å². The number of hydrogen-bond acceptors (Lipinski definition) is 10. The number of carbonyl (C=O) groups excluding carboxylic acids is 3. The molecule has 8 nitrogen and oxygen atoms in total. The molecule has 0 bridgehead atoms. The van der Waals surface area contributed by atoms with Gasteiger partial charge in [0.25, 0.3) is 11.1 Å². The molecule has 0 aliphatic carbocycles. The highest BCUT2D eigenvalue weighted by atomic mass is 32.2. The lowest BCUT2D eigenvalue weighted by molar-refractivity contribution is -0.123. The Morgan fingerprint density at radius 1 is 1.28 bits per heavy atom. The fourth-order valence-corrected chi connectivity index (χ4v) is 5.84. The summed E-state index contributed by atoms with van der Waals surface area (Å²) in [5.41, 5.74) is 0.750. The SMILES string of the molecule is CCSc1nnc(SCC(=O)NCCN2C(=O)S/C(=C/c3cccnc3)C2=O)s1. The van der Waals surface area contributed by atoms with Crippen LogP contribution < -0.4 is 5.32 Å². The average Bonchev–Trinajstić information content (AvgIpc) is 3.27. The van der Waals surface area contributed by atoms with Crippen molar-refractivity contribution in [2.24, 2.45) is 0 Å². The van der Waals surface area contributed by atoms with E-state index in [0.717, 1.165) is 36.7 Å². The molecule has 3 rings (SSSR count). The summed E-state index contributed by atoms with van der Waals surface area (Å²) in [7, 11) is 0. The van der Waals surface area contributed by atoms with Gasteiger partial charge >= 0.3 is 0 Å². The molecule has 2 aromatic heterocycles. The Morgan fingerprint density at radius 3 is 2.79 bits per heavy atom. The zero-order valence-corrected chi connectivity index (χ0v) is 18.6. The topological polar surface area (TPSA) is 105 Å². The number of thioether (sulfide) groups is 3. The molecule has 152 valence electrons. The summed E-state index contributed by atoms with van der Waals surface area (Å²) in [6.07, 6.45) is 4.89. The molecule has 0 spiro atoms. The maximum atomic E-state index is 12.4. The van der Waals surface area contributed by atoms with Crippen molar-refractivity contribution in [2.45, 2.75) is 15.6 Å². The molecule has 12 heteroatoms. The maximum Gasteiger partial charge on any atom is 0.293 e. The Balaban J connectivity index is 1.43. The summed E-state index contributed by atoms with van der Waals surface area (Å²) in [6, 6.07) is 3.57. The molecule has 0 aromatic carbocycles. The molecule has 3 heterocycles. The first-order chi connectivity index (χ1) is 14.1. The molecule has 0 radical (unpaired) electrons. The van der Waals surface area contributed by atoms with Crippen LogP contribution in [0, 0.1) is 0 Å². The van der Waals surface area contributed by atoms with Crippen molar-refractivity contribution in [1.82, 2.24) is 25.4 Å². The summed E-state index contributed by atoms with van der Waals surface area (Å²) in [6.45, 7) is 2.37. The van der Waals surface area contributed by atoms with Crippen molar-refractivity contribution in [2.75, 3.05) is 24.6 Å². The van der Waals surface area contributed by atoms with E-state index in [1.165, 1.54) is 23.1 Å². The minimum atomic E-state index is -0.359. The number of imide groups is 1. The van der Waals surface area contributed by atoms with Gasteiger partial charge in [0.15, 0.2) is 8.68 Å². The lowest BCUT2D eigenvalue weighted by Crippen LogP contribution is -2.37. The number of rotatable bonds is 9. The van der Waals surface area contributed by atoms with Gasteiger partial charge in [0.2, 0.25) is 5.91 Å². The van der Waals surface area contributed by atoms with Gasteiger partial charge in [-0.15, -0.1) is 10.2 Å². The normalized spacial score (nSPS) is 15.3. The van der Waals surface area contributed by atoms with Gasteiger partial charge in [0.05, 0.1) is 10.7 Å². The fraction of sp³-hybridized carbons (Fsp3) is 0.294. The fourth-order valence-electron chi connectivity index (χ4n) is 2.23. The first kappa shape index (κ1) is 21.8. The van der Waals surface area contributed by atoms with Gasteiger partial charge < -0.3 is 5.32 Å². The van der Waals surface area contributed by atoms with E-state index >= 15 is 0 Å². The summed E-state index contributed by atoms with van der Waals surface area (Å²) >= 11 is 5.27. The molecule has 1 saturated heterocycles. The Bertz CT molecular complexity index is 919. The highest BCUT2D eigenvalue weighted by Crippen LogP contribution is 2.32. The monoisotopic (exact) mass is 467 g/mol. The van der Waals surface area contributed by atoms with Crippen molar-refractivity contribution in [3.05, 3.63) is 35.0 Å². The molecule has 1 N–H and O–H groups in total. The molecule has 29 heavy (non-hydrogen) atoms. The minimum Gasteiger partial charge on any atom is -0.354 e. The Hall–Kier alpha value is -1.89. The number of pyridine rings is 1. The van der Waals surface area contributed by atoms with E-state index in [-0.39, 0.29) is 35.9 Å². The zero-order chi connectivity index (χ0) is 20.6. The molecular weight excluding hydrogens is 450 g/mol. The Kier molecular flexibility index (Phi) is 8.09. The third-order valence-corrected chi connectivity index (χ3v) is 7.48. The van der Waals surface area contributed by atoms with Crippen molar-refractivity contribution >= 4 is 69.8 Å². The van der Waals surface area contributed by atoms with Gasteiger partial charge in [-0.2, -0.15) is 0 Å². The van der Waals surface area contributed by atoms with E-state index in [9.17, 15) is 14.4 Å². The first-order valence-corrected chi connectivity index (χ1v) is 12.2. The van der Waals surface area contributed by atoms with Crippen LogP contribution in [0.4, 0.5) is 4.79 Å². The van der Waals surface area contributed by atoms with Crippen LogP contribution in [0.3, 0.4) is 0 Å².